The number of carbonyl (C=O) groups excluding carboxylic acids is 2. The van der Waals surface area contributed by atoms with E-state index in [1.54, 1.807) is 6.20 Å². The van der Waals surface area contributed by atoms with Crippen LogP contribution in [-0.4, -0.2) is 57.7 Å². The maximum absolute atomic E-state index is 12.6. The van der Waals surface area contributed by atoms with Gasteiger partial charge in [-0.15, -0.1) is 0 Å². The van der Waals surface area contributed by atoms with Crippen molar-refractivity contribution in [2.24, 2.45) is 10.7 Å². The Labute approximate surface area is 172 Å². The van der Waals surface area contributed by atoms with Crippen LogP contribution in [0.2, 0.25) is 0 Å². The summed E-state index contributed by atoms with van der Waals surface area (Å²) in [7, 11) is 3.40. The van der Waals surface area contributed by atoms with Gasteiger partial charge in [0.1, 0.15) is 12.4 Å². The molecule has 2 aromatic rings. The lowest BCUT2D eigenvalue weighted by Gasteiger charge is -2.22. The lowest BCUT2D eigenvalue weighted by Crippen LogP contribution is -2.43. The molecule has 0 radical (unpaired) electrons. The number of imide groups is 1. The van der Waals surface area contributed by atoms with Crippen LogP contribution >= 0.6 is 0 Å². The van der Waals surface area contributed by atoms with Crippen LogP contribution in [0.25, 0.3) is 5.65 Å². The maximum Gasteiger partial charge on any atom is 0.331 e. The van der Waals surface area contributed by atoms with Crippen LogP contribution in [0.15, 0.2) is 35.5 Å². The minimum absolute atomic E-state index is 0.0285. The van der Waals surface area contributed by atoms with Gasteiger partial charge >= 0.3 is 6.03 Å². The van der Waals surface area contributed by atoms with Gasteiger partial charge in [0, 0.05) is 26.5 Å². The molecule has 1 aliphatic carbocycles. The highest BCUT2D eigenvalue weighted by atomic mass is 16.2. The number of anilines is 1. The molecule has 5 rings (SSSR count). The minimum Gasteiger partial charge on any atom is -0.368 e. The Morgan fingerprint density at radius 1 is 1.30 bits per heavy atom. The number of nitrogens with one attached hydrogen (secondary N) is 2. The summed E-state index contributed by atoms with van der Waals surface area (Å²) >= 11 is 0. The normalized spacial score (nSPS) is 19.0. The lowest BCUT2D eigenvalue weighted by molar-refractivity contribution is -0.123. The summed E-state index contributed by atoms with van der Waals surface area (Å²) in [4.78, 5) is 38.3. The van der Waals surface area contributed by atoms with Crippen molar-refractivity contribution >= 4 is 29.2 Å². The van der Waals surface area contributed by atoms with Gasteiger partial charge in [0.05, 0.1) is 24.1 Å². The summed E-state index contributed by atoms with van der Waals surface area (Å²) in [6.07, 6.45) is 8.01. The molecule has 11 heteroatoms. The fourth-order valence-corrected chi connectivity index (χ4v) is 3.73. The number of fused-ring (bicyclic) bond motifs is 1. The number of urea groups is 1. The second kappa shape index (κ2) is 6.65. The number of nitrogens with two attached hydrogens (primary N) is 1. The molecule has 4 heterocycles. The minimum atomic E-state index is -0.327. The second-order valence-electron chi connectivity index (χ2n) is 7.84. The Kier molecular flexibility index (Phi) is 4.05. The smallest absolute Gasteiger partial charge is 0.331 e. The molecule has 2 fully saturated rings. The third-order valence-corrected chi connectivity index (χ3v) is 5.55. The lowest BCUT2D eigenvalue weighted by atomic mass is 10.1. The van der Waals surface area contributed by atoms with Crippen molar-refractivity contribution in [3.63, 3.8) is 0 Å². The van der Waals surface area contributed by atoms with E-state index in [9.17, 15) is 9.59 Å². The van der Waals surface area contributed by atoms with Crippen molar-refractivity contribution in [1.82, 2.24) is 30.0 Å². The molecule has 0 unspecified atom stereocenters. The van der Waals surface area contributed by atoms with Crippen LogP contribution in [0.1, 0.15) is 30.0 Å². The fraction of sp³-hybridized carbons (Fsp3) is 0.368. The largest absolute Gasteiger partial charge is 0.368 e. The summed E-state index contributed by atoms with van der Waals surface area (Å²) in [5, 5.41) is 0. The summed E-state index contributed by atoms with van der Waals surface area (Å²) in [5.41, 5.74) is 14.6. The van der Waals surface area contributed by atoms with Crippen LogP contribution < -0.4 is 21.5 Å². The first-order valence-corrected chi connectivity index (χ1v) is 9.77. The van der Waals surface area contributed by atoms with Crippen molar-refractivity contribution in [1.29, 1.82) is 0 Å². The Bertz CT molecular complexity index is 1110. The van der Waals surface area contributed by atoms with Gasteiger partial charge in [-0.2, -0.15) is 4.99 Å². The third kappa shape index (κ3) is 3.08. The molecule has 2 aromatic heterocycles. The van der Waals surface area contributed by atoms with Gasteiger partial charge in [-0.3, -0.25) is 20.0 Å². The van der Waals surface area contributed by atoms with Crippen molar-refractivity contribution < 1.29 is 9.59 Å². The van der Waals surface area contributed by atoms with Gasteiger partial charge in [-0.1, -0.05) is 0 Å². The standard InChI is InChI=1S/C19H23N9O2/c1-25(15-6-21-24-18(20)23-15)8-13-9-27-7-12(11-3-4-11)5-14(17(27)22-13)28-10-16(29)26(2)19(28)30/h5-7,9,11,21H,3-4,8,10H2,1-2H3,(H3,20,23,24). The summed E-state index contributed by atoms with van der Waals surface area (Å²) in [5.74, 6) is 1.23. The molecule has 3 aliphatic rings. The van der Waals surface area contributed by atoms with E-state index in [-0.39, 0.29) is 24.4 Å². The van der Waals surface area contributed by atoms with Gasteiger partial charge in [-0.25, -0.2) is 9.78 Å². The summed E-state index contributed by atoms with van der Waals surface area (Å²) in [6, 6.07) is 1.68. The molecule has 0 atom stereocenters. The highest BCUT2D eigenvalue weighted by Crippen LogP contribution is 2.42. The predicted octanol–water partition coefficient (Wildman–Crippen LogP) is 0.263. The Hall–Kier alpha value is -3.76. The first-order valence-electron chi connectivity index (χ1n) is 9.77. The van der Waals surface area contributed by atoms with Crippen molar-refractivity contribution in [2.45, 2.75) is 25.3 Å². The zero-order valence-electron chi connectivity index (χ0n) is 16.8. The van der Waals surface area contributed by atoms with Gasteiger partial charge in [0.15, 0.2) is 5.65 Å². The Balaban J connectivity index is 1.51. The van der Waals surface area contributed by atoms with Gasteiger partial charge < -0.3 is 20.5 Å². The predicted molar refractivity (Wildman–Crippen MR) is 110 cm³/mol. The van der Waals surface area contributed by atoms with Crippen molar-refractivity contribution in [3.8, 4) is 0 Å². The van der Waals surface area contributed by atoms with E-state index in [1.165, 1.54) is 11.9 Å². The SMILES string of the molecule is CN(Cc1cn2cc(C3CC3)cc(N3CC(=O)N(C)C3=O)c2n1)C1=CNNC(N)=N1. The number of hydrazine groups is 1. The van der Waals surface area contributed by atoms with Gasteiger partial charge in [-0.05, 0) is 30.4 Å². The average Bonchev–Trinajstić information content (AvgIpc) is 3.45. The number of hydrogen-bond acceptors (Lipinski definition) is 8. The molecule has 3 amide bonds. The second-order valence-corrected chi connectivity index (χ2v) is 7.84. The molecule has 156 valence electrons. The first kappa shape index (κ1) is 18.3. The molecule has 2 aliphatic heterocycles. The third-order valence-electron chi connectivity index (χ3n) is 5.55. The summed E-state index contributed by atoms with van der Waals surface area (Å²) < 4.78 is 1.95. The van der Waals surface area contributed by atoms with Gasteiger partial charge in [0.2, 0.25) is 11.9 Å². The van der Waals surface area contributed by atoms with E-state index < -0.39 is 0 Å². The zero-order chi connectivity index (χ0) is 21.0. The summed E-state index contributed by atoms with van der Waals surface area (Å²) in [6.45, 7) is 0.526. The fourth-order valence-electron chi connectivity index (χ4n) is 3.73. The monoisotopic (exact) mass is 409 g/mol. The molecule has 1 saturated carbocycles. The maximum atomic E-state index is 12.6. The average molecular weight is 409 g/mol. The van der Waals surface area contributed by atoms with Gasteiger partial charge in [0.25, 0.3) is 0 Å². The molecule has 0 aromatic carbocycles. The Morgan fingerprint density at radius 3 is 2.77 bits per heavy atom. The molecule has 0 spiro atoms. The number of aromatic nitrogens is 2. The van der Waals surface area contributed by atoms with Crippen LogP contribution in [-0.2, 0) is 11.3 Å². The van der Waals surface area contributed by atoms with Crippen LogP contribution in [0.4, 0.5) is 10.5 Å². The van der Waals surface area contributed by atoms with E-state index in [0.717, 1.165) is 29.0 Å². The molecule has 4 N–H and O–H groups in total. The molecular formula is C19H23N9O2. The number of aliphatic imine (C=N–C) groups is 1. The van der Waals surface area contributed by atoms with E-state index in [4.69, 9.17) is 10.7 Å². The van der Waals surface area contributed by atoms with E-state index in [2.05, 4.69) is 22.0 Å². The molecule has 1 saturated heterocycles. The van der Waals surface area contributed by atoms with Crippen molar-refractivity contribution in [3.05, 3.63) is 41.7 Å². The number of nitrogens with zero attached hydrogens (tertiary/aromatic N) is 6. The number of guanidine groups is 1. The van der Waals surface area contributed by atoms with E-state index >= 15 is 0 Å². The van der Waals surface area contributed by atoms with Crippen molar-refractivity contribution in [2.75, 3.05) is 25.5 Å². The van der Waals surface area contributed by atoms with E-state index in [1.807, 2.05) is 28.6 Å². The van der Waals surface area contributed by atoms with Crippen LogP contribution in [0, 0.1) is 0 Å². The number of imidazole rings is 1. The van der Waals surface area contributed by atoms with Crippen LogP contribution in [0.5, 0.6) is 0 Å². The number of rotatable bonds is 5. The van der Waals surface area contributed by atoms with Crippen LogP contribution in [0.3, 0.4) is 0 Å². The quantitative estimate of drug-likeness (QED) is 0.606. The molecule has 11 nitrogen and oxygen atoms in total. The highest BCUT2D eigenvalue weighted by molar-refractivity contribution is 6.13. The first-order chi connectivity index (χ1) is 14.4. The Morgan fingerprint density at radius 2 is 2.10 bits per heavy atom. The topological polar surface area (TPSA) is 124 Å². The molecule has 0 bridgehead atoms. The number of amides is 3. The number of carbonyl (C=O) groups is 2. The van der Waals surface area contributed by atoms with E-state index in [0.29, 0.717) is 29.6 Å². The molecule has 30 heavy (non-hydrogen) atoms. The number of hydrogen-bond donors (Lipinski definition) is 3. The highest BCUT2D eigenvalue weighted by Gasteiger charge is 2.36. The molecular weight excluding hydrogens is 386 g/mol. The number of pyridine rings is 1. The zero-order valence-corrected chi connectivity index (χ0v) is 16.8. The number of likely N-dealkylation sites (N-methyl/N-ethyl adjacent to an activating group) is 1.